The number of hydrogen-bond donors (Lipinski definition) is 3. The number of carboxylic acid groups (broad SMARTS) is 1. The van der Waals surface area contributed by atoms with Gasteiger partial charge in [-0.05, 0) is 76.4 Å². The van der Waals surface area contributed by atoms with Crippen molar-refractivity contribution in [3.63, 3.8) is 0 Å². The Balaban J connectivity index is 1.45. The Bertz CT molecular complexity index is 1260. The van der Waals surface area contributed by atoms with Crippen LogP contribution in [0.2, 0.25) is 0 Å². The number of amides is 2. The second-order valence-electron chi connectivity index (χ2n) is 8.59. The average Bonchev–Trinajstić information content (AvgIpc) is 3.17. The van der Waals surface area contributed by atoms with Gasteiger partial charge in [-0.25, -0.2) is 9.59 Å². The Morgan fingerprint density at radius 3 is 2.17 bits per heavy atom. The van der Waals surface area contributed by atoms with Gasteiger partial charge in [-0.3, -0.25) is 4.79 Å². The first-order valence-electron chi connectivity index (χ1n) is 11.2. The van der Waals surface area contributed by atoms with Crippen LogP contribution in [0.5, 0.6) is 0 Å². The van der Waals surface area contributed by atoms with Crippen LogP contribution in [-0.4, -0.2) is 35.2 Å². The molecular formula is C27H25IN2O5. The van der Waals surface area contributed by atoms with Crippen LogP contribution in [0.1, 0.15) is 47.7 Å². The number of aromatic carboxylic acids is 1. The van der Waals surface area contributed by atoms with E-state index in [1.807, 2.05) is 59.0 Å². The zero-order valence-electron chi connectivity index (χ0n) is 19.3. The number of carbonyl (C=O) groups excluding carboxylic acids is 2. The van der Waals surface area contributed by atoms with Crippen molar-refractivity contribution in [3.05, 3.63) is 87.0 Å². The number of benzene rings is 3. The lowest BCUT2D eigenvalue weighted by Crippen LogP contribution is -2.54. The third kappa shape index (κ3) is 5.02. The number of anilines is 1. The molecule has 8 heteroatoms. The summed E-state index contributed by atoms with van der Waals surface area (Å²) >= 11 is 2.00. The van der Waals surface area contributed by atoms with E-state index < -0.39 is 23.5 Å². The molecule has 4 rings (SSSR count). The summed E-state index contributed by atoms with van der Waals surface area (Å²) in [5.41, 5.74) is 3.28. The molecule has 1 aliphatic carbocycles. The molecule has 0 fully saturated rings. The highest BCUT2D eigenvalue weighted by molar-refractivity contribution is 14.1. The largest absolute Gasteiger partial charge is 0.478 e. The summed E-state index contributed by atoms with van der Waals surface area (Å²) in [6.45, 7) is 3.47. The number of carbonyl (C=O) groups is 3. The van der Waals surface area contributed by atoms with Crippen LogP contribution in [0.15, 0.2) is 66.7 Å². The molecule has 3 N–H and O–H groups in total. The first kappa shape index (κ1) is 24.7. The highest BCUT2D eigenvalue weighted by atomic mass is 127. The molecule has 0 heterocycles. The summed E-state index contributed by atoms with van der Waals surface area (Å²) < 4.78 is 6.32. The predicted molar refractivity (Wildman–Crippen MR) is 142 cm³/mol. The van der Waals surface area contributed by atoms with Crippen molar-refractivity contribution in [2.24, 2.45) is 0 Å². The third-order valence-electron chi connectivity index (χ3n) is 6.39. The Morgan fingerprint density at radius 2 is 1.60 bits per heavy atom. The fourth-order valence-corrected chi connectivity index (χ4v) is 4.72. The van der Waals surface area contributed by atoms with Gasteiger partial charge < -0.3 is 20.5 Å². The summed E-state index contributed by atoms with van der Waals surface area (Å²) in [4.78, 5) is 37.4. The van der Waals surface area contributed by atoms with Crippen LogP contribution in [0.25, 0.3) is 11.1 Å². The fraction of sp³-hybridized carbons (Fsp3) is 0.222. The smallest absolute Gasteiger partial charge is 0.408 e. The molecule has 1 atom stereocenters. The Hall–Kier alpha value is -3.40. The molecule has 0 saturated carbocycles. The van der Waals surface area contributed by atoms with Crippen LogP contribution in [0.4, 0.5) is 10.5 Å². The van der Waals surface area contributed by atoms with Gasteiger partial charge in [0.15, 0.2) is 0 Å². The van der Waals surface area contributed by atoms with Gasteiger partial charge in [0.25, 0.3) is 0 Å². The molecule has 0 bridgehead atoms. The minimum absolute atomic E-state index is 0.0233. The van der Waals surface area contributed by atoms with E-state index in [0.717, 1.165) is 25.8 Å². The molecule has 0 saturated heterocycles. The van der Waals surface area contributed by atoms with E-state index in [-0.39, 0.29) is 30.2 Å². The zero-order chi connectivity index (χ0) is 25.2. The molecule has 0 aromatic heterocycles. The quantitative estimate of drug-likeness (QED) is 0.312. The molecule has 35 heavy (non-hydrogen) atoms. The maximum Gasteiger partial charge on any atom is 0.408 e. The maximum absolute atomic E-state index is 13.1. The number of nitrogens with one attached hydrogen (secondary N) is 2. The first-order chi connectivity index (χ1) is 16.7. The molecule has 1 aliphatic rings. The van der Waals surface area contributed by atoms with Crippen molar-refractivity contribution >= 4 is 46.2 Å². The number of alkyl carbamates (subject to hydrolysis) is 1. The van der Waals surface area contributed by atoms with E-state index in [9.17, 15) is 19.5 Å². The molecule has 180 valence electrons. The lowest BCUT2D eigenvalue weighted by molar-refractivity contribution is -0.121. The van der Waals surface area contributed by atoms with Crippen molar-refractivity contribution in [2.45, 2.75) is 31.7 Å². The molecule has 0 radical (unpaired) electrons. The Kier molecular flexibility index (Phi) is 7.11. The van der Waals surface area contributed by atoms with Crippen LogP contribution < -0.4 is 10.6 Å². The van der Waals surface area contributed by atoms with Crippen LogP contribution in [0, 0.1) is 3.57 Å². The van der Waals surface area contributed by atoms with Gasteiger partial charge in [-0.2, -0.15) is 0 Å². The summed E-state index contributed by atoms with van der Waals surface area (Å²) in [7, 11) is 0. The molecule has 7 nitrogen and oxygen atoms in total. The lowest BCUT2D eigenvalue weighted by Gasteiger charge is -2.28. The van der Waals surface area contributed by atoms with Gasteiger partial charge in [-0.1, -0.05) is 55.5 Å². The van der Waals surface area contributed by atoms with E-state index >= 15 is 0 Å². The third-order valence-corrected chi connectivity index (χ3v) is 7.06. The van der Waals surface area contributed by atoms with Crippen LogP contribution in [-0.2, 0) is 9.53 Å². The van der Waals surface area contributed by atoms with Crippen LogP contribution >= 0.6 is 22.6 Å². The van der Waals surface area contributed by atoms with Crippen molar-refractivity contribution < 1.29 is 24.2 Å². The second kappa shape index (κ2) is 10.1. The van der Waals surface area contributed by atoms with Gasteiger partial charge in [0.1, 0.15) is 12.1 Å². The van der Waals surface area contributed by atoms with E-state index in [1.54, 1.807) is 19.9 Å². The highest BCUT2D eigenvalue weighted by Crippen LogP contribution is 2.44. The topological polar surface area (TPSA) is 105 Å². The van der Waals surface area contributed by atoms with Gasteiger partial charge in [0, 0.05) is 9.49 Å². The number of ether oxygens (including phenoxy) is 1. The minimum Gasteiger partial charge on any atom is -0.478 e. The number of rotatable bonds is 7. The van der Waals surface area contributed by atoms with Crippen molar-refractivity contribution in [1.29, 1.82) is 0 Å². The standard InChI is InChI=1S/C27H25IN2O5/c1-3-27(2,25(33)29-23-13-12-16(28)14-21(23)24(31)32)30-26(34)35-15-22-19-10-6-4-8-17(19)18-9-5-7-11-20(18)22/h4-14,22H,3,15H2,1-2H3,(H,29,33)(H,30,34)(H,31,32). The summed E-state index contributed by atoms with van der Waals surface area (Å²) in [6.07, 6.45) is -0.442. The van der Waals surface area contributed by atoms with Gasteiger partial charge in [-0.15, -0.1) is 0 Å². The van der Waals surface area contributed by atoms with Crippen LogP contribution in [0.3, 0.4) is 0 Å². The SMILES string of the molecule is CCC(C)(NC(=O)OCC1c2ccccc2-c2ccccc21)C(=O)Nc1ccc(I)cc1C(=O)O. The molecule has 0 aliphatic heterocycles. The number of halogens is 1. The number of hydrogen-bond acceptors (Lipinski definition) is 4. The second-order valence-corrected chi connectivity index (χ2v) is 9.83. The summed E-state index contributed by atoms with van der Waals surface area (Å²) in [5.74, 6) is -1.78. The van der Waals surface area contributed by atoms with Gasteiger partial charge >= 0.3 is 12.1 Å². The fourth-order valence-electron chi connectivity index (χ4n) is 4.23. The molecule has 0 spiro atoms. The van der Waals surface area contributed by atoms with Gasteiger partial charge in [0.2, 0.25) is 5.91 Å². The van der Waals surface area contributed by atoms with Crippen molar-refractivity contribution in [1.82, 2.24) is 5.32 Å². The normalized spacial score (nSPS) is 13.8. The summed E-state index contributed by atoms with van der Waals surface area (Å²) in [5, 5.41) is 14.8. The Morgan fingerprint density at radius 1 is 1.00 bits per heavy atom. The highest BCUT2D eigenvalue weighted by Gasteiger charge is 2.35. The first-order valence-corrected chi connectivity index (χ1v) is 12.3. The monoisotopic (exact) mass is 584 g/mol. The zero-order valence-corrected chi connectivity index (χ0v) is 21.5. The Labute approximate surface area is 217 Å². The van der Waals surface area contributed by atoms with E-state index in [4.69, 9.17) is 4.74 Å². The molecular weight excluding hydrogens is 559 g/mol. The molecule has 1 unspecified atom stereocenters. The van der Waals surface area contributed by atoms with E-state index in [0.29, 0.717) is 0 Å². The maximum atomic E-state index is 13.1. The molecule has 3 aromatic rings. The molecule has 2 amide bonds. The number of carboxylic acids is 1. The lowest BCUT2D eigenvalue weighted by atomic mass is 9.97. The molecule has 3 aromatic carbocycles. The minimum atomic E-state index is -1.30. The average molecular weight is 584 g/mol. The summed E-state index contributed by atoms with van der Waals surface area (Å²) in [6, 6.07) is 20.8. The van der Waals surface area contributed by atoms with Gasteiger partial charge in [0.05, 0.1) is 11.3 Å². The van der Waals surface area contributed by atoms with E-state index in [1.165, 1.54) is 12.1 Å². The van der Waals surface area contributed by atoms with E-state index in [2.05, 4.69) is 22.8 Å². The number of fused-ring (bicyclic) bond motifs is 3. The van der Waals surface area contributed by atoms with Crippen molar-refractivity contribution in [2.75, 3.05) is 11.9 Å². The van der Waals surface area contributed by atoms with Crippen molar-refractivity contribution in [3.8, 4) is 11.1 Å². The predicted octanol–water partition coefficient (Wildman–Crippen LogP) is 5.64.